The van der Waals surface area contributed by atoms with Gasteiger partial charge in [-0.3, -0.25) is 0 Å². The van der Waals surface area contributed by atoms with Crippen LogP contribution in [0.25, 0.3) is 0 Å². The largest absolute Gasteiger partial charge is 0.441 e. The highest BCUT2D eigenvalue weighted by Gasteiger charge is 2.30. The van der Waals surface area contributed by atoms with Gasteiger partial charge in [0.15, 0.2) is 5.60 Å². The fraction of sp³-hybridized carbons (Fsp3) is 0.133. The Kier molecular flexibility index (Phi) is 3.24. The van der Waals surface area contributed by atoms with Gasteiger partial charge in [0.05, 0.1) is 0 Å². The molecule has 17 heavy (non-hydrogen) atoms. The van der Waals surface area contributed by atoms with E-state index in [9.17, 15) is 4.79 Å². The Morgan fingerprint density at radius 3 is 1.65 bits per heavy atom. The van der Waals surface area contributed by atoms with E-state index in [0.29, 0.717) is 0 Å². The van der Waals surface area contributed by atoms with E-state index in [1.54, 1.807) is 6.47 Å². The lowest BCUT2D eigenvalue weighted by molar-refractivity contribution is 0.110. The van der Waals surface area contributed by atoms with Gasteiger partial charge in [0.25, 0.3) is 0 Å². The molecular formula is C15H13O2. The number of benzene rings is 2. The first-order chi connectivity index (χ1) is 8.27. The molecule has 0 aliphatic heterocycles. The molecule has 0 saturated heterocycles. The zero-order chi connectivity index (χ0) is 12.1. The first kappa shape index (κ1) is 11.4. The van der Waals surface area contributed by atoms with Gasteiger partial charge in [-0.1, -0.05) is 60.7 Å². The number of hydrogen-bond acceptors (Lipinski definition) is 2. The molecule has 0 aliphatic carbocycles. The molecule has 2 aromatic rings. The summed E-state index contributed by atoms with van der Waals surface area (Å²) in [6, 6.07) is 19.3. The molecule has 0 bridgehead atoms. The minimum atomic E-state index is -0.787. The smallest absolute Gasteiger partial charge is 0.418 e. The van der Waals surface area contributed by atoms with Crippen LogP contribution in [-0.4, -0.2) is 6.47 Å². The fourth-order valence-corrected chi connectivity index (χ4v) is 1.88. The zero-order valence-electron chi connectivity index (χ0n) is 9.59. The summed E-state index contributed by atoms with van der Waals surface area (Å²) in [5, 5.41) is 0. The molecule has 0 N–H and O–H groups in total. The van der Waals surface area contributed by atoms with Gasteiger partial charge in [-0.2, -0.15) is 0 Å². The number of rotatable bonds is 4. The first-order valence-electron chi connectivity index (χ1n) is 5.43. The zero-order valence-corrected chi connectivity index (χ0v) is 9.59. The highest BCUT2D eigenvalue weighted by Crippen LogP contribution is 2.32. The predicted octanol–water partition coefficient (Wildman–Crippen LogP) is 3.03. The van der Waals surface area contributed by atoms with E-state index in [-0.39, 0.29) is 0 Å². The predicted molar refractivity (Wildman–Crippen MR) is 66.1 cm³/mol. The van der Waals surface area contributed by atoms with E-state index in [1.807, 2.05) is 67.6 Å². The third-order valence-electron chi connectivity index (χ3n) is 2.90. The summed E-state index contributed by atoms with van der Waals surface area (Å²) in [5.74, 6) is 0. The minimum Gasteiger partial charge on any atom is -0.441 e. The van der Waals surface area contributed by atoms with Gasteiger partial charge in [0.2, 0.25) is 0 Å². The van der Waals surface area contributed by atoms with Crippen molar-refractivity contribution in [3.8, 4) is 0 Å². The van der Waals surface area contributed by atoms with Crippen LogP contribution >= 0.6 is 0 Å². The molecule has 0 aromatic heterocycles. The summed E-state index contributed by atoms with van der Waals surface area (Å²) >= 11 is 0. The molecule has 0 atom stereocenters. The Bertz CT molecular complexity index is 437. The average molecular weight is 225 g/mol. The van der Waals surface area contributed by atoms with Crippen molar-refractivity contribution in [2.75, 3.05) is 0 Å². The van der Waals surface area contributed by atoms with E-state index in [4.69, 9.17) is 4.74 Å². The Hall–Kier alpha value is -2.09. The summed E-state index contributed by atoms with van der Waals surface area (Å²) in [4.78, 5) is 10.6. The van der Waals surface area contributed by atoms with Crippen molar-refractivity contribution in [3.63, 3.8) is 0 Å². The highest BCUT2D eigenvalue weighted by atomic mass is 16.5. The standard InChI is InChI=1S/C15H13O2/c1-15(17-12-16,13-8-4-2-5-9-13)14-10-6-3-7-11-14/h2-11H,1H3. The van der Waals surface area contributed by atoms with Crippen molar-refractivity contribution in [2.24, 2.45) is 0 Å². The summed E-state index contributed by atoms with van der Waals surface area (Å²) < 4.78 is 5.20. The molecule has 0 saturated carbocycles. The summed E-state index contributed by atoms with van der Waals surface area (Å²) in [6.45, 7) is 3.42. The van der Waals surface area contributed by atoms with Gasteiger partial charge in [-0.05, 0) is 18.1 Å². The normalized spacial score (nSPS) is 10.9. The van der Waals surface area contributed by atoms with Gasteiger partial charge in [-0.25, -0.2) is 4.79 Å². The van der Waals surface area contributed by atoms with Gasteiger partial charge in [0.1, 0.15) is 0 Å². The maximum absolute atomic E-state index is 10.6. The third kappa shape index (κ3) is 2.21. The summed E-state index contributed by atoms with van der Waals surface area (Å²) in [5.41, 5.74) is 1.06. The van der Waals surface area contributed by atoms with E-state index in [0.717, 1.165) is 11.1 Å². The van der Waals surface area contributed by atoms with Crippen LogP contribution in [0.2, 0.25) is 0 Å². The molecule has 0 spiro atoms. The second kappa shape index (κ2) is 4.83. The summed E-state index contributed by atoms with van der Waals surface area (Å²) in [7, 11) is 0. The topological polar surface area (TPSA) is 26.3 Å². The van der Waals surface area contributed by atoms with E-state index < -0.39 is 5.60 Å². The Morgan fingerprint density at radius 1 is 0.882 bits per heavy atom. The Labute approximate surface area is 101 Å². The van der Waals surface area contributed by atoms with E-state index >= 15 is 0 Å². The molecule has 0 unspecified atom stereocenters. The van der Waals surface area contributed by atoms with Crippen molar-refractivity contribution >= 4 is 6.47 Å². The van der Waals surface area contributed by atoms with Crippen molar-refractivity contribution < 1.29 is 9.53 Å². The van der Waals surface area contributed by atoms with Crippen molar-refractivity contribution in [1.29, 1.82) is 0 Å². The second-order valence-electron chi connectivity index (χ2n) is 3.95. The highest BCUT2D eigenvalue weighted by molar-refractivity contribution is 5.45. The Balaban J connectivity index is 2.50. The lowest BCUT2D eigenvalue weighted by atomic mass is 9.88. The van der Waals surface area contributed by atoms with Crippen LogP contribution in [0.3, 0.4) is 0 Å². The van der Waals surface area contributed by atoms with Crippen LogP contribution < -0.4 is 0 Å². The first-order valence-corrected chi connectivity index (χ1v) is 5.43. The SMILES string of the molecule is CC(O[C]=O)(c1ccccc1)c1ccccc1. The van der Waals surface area contributed by atoms with E-state index in [1.165, 1.54) is 0 Å². The number of carbonyl (C=O) groups excluding carboxylic acids is 1. The molecule has 0 heterocycles. The van der Waals surface area contributed by atoms with Crippen LogP contribution in [-0.2, 0) is 15.1 Å². The molecule has 1 radical (unpaired) electrons. The summed E-state index contributed by atoms with van der Waals surface area (Å²) in [6.07, 6.45) is 0. The minimum absolute atomic E-state index is 0.787. The van der Waals surface area contributed by atoms with Crippen LogP contribution in [0.5, 0.6) is 0 Å². The van der Waals surface area contributed by atoms with Crippen molar-refractivity contribution in [1.82, 2.24) is 0 Å². The number of hydrogen-bond donors (Lipinski definition) is 0. The lowest BCUT2D eigenvalue weighted by Crippen LogP contribution is -2.26. The van der Waals surface area contributed by atoms with Crippen molar-refractivity contribution in [2.45, 2.75) is 12.5 Å². The molecule has 2 nitrogen and oxygen atoms in total. The van der Waals surface area contributed by atoms with Crippen LogP contribution in [0.4, 0.5) is 0 Å². The van der Waals surface area contributed by atoms with E-state index in [2.05, 4.69) is 0 Å². The average Bonchev–Trinajstić information content (AvgIpc) is 2.41. The molecular weight excluding hydrogens is 212 g/mol. The molecule has 85 valence electrons. The molecule has 0 aliphatic rings. The van der Waals surface area contributed by atoms with Gasteiger partial charge in [0, 0.05) is 0 Å². The molecule has 0 amide bonds. The fourth-order valence-electron chi connectivity index (χ4n) is 1.88. The van der Waals surface area contributed by atoms with Crippen LogP contribution in [0, 0.1) is 0 Å². The van der Waals surface area contributed by atoms with Gasteiger partial charge >= 0.3 is 6.47 Å². The van der Waals surface area contributed by atoms with Crippen molar-refractivity contribution in [3.05, 3.63) is 71.8 Å². The maximum Gasteiger partial charge on any atom is 0.418 e. The number of ether oxygens (including phenoxy) is 1. The quantitative estimate of drug-likeness (QED) is 0.799. The van der Waals surface area contributed by atoms with Crippen LogP contribution in [0.15, 0.2) is 60.7 Å². The monoisotopic (exact) mass is 225 g/mol. The maximum atomic E-state index is 10.6. The third-order valence-corrected chi connectivity index (χ3v) is 2.90. The van der Waals surface area contributed by atoms with Crippen LogP contribution in [0.1, 0.15) is 18.1 Å². The van der Waals surface area contributed by atoms with Gasteiger partial charge < -0.3 is 4.74 Å². The lowest BCUT2D eigenvalue weighted by Gasteiger charge is -2.28. The Morgan fingerprint density at radius 2 is 1.29 bits per heavy atom. The molecule has 2 aromatic carbocycles. The molecule has 0 fully saturated rings. The molecule has 2 heteroatoms. The van der Waals surface area contributed by atoms with Gasteiger partial charge in [-0.15, -0.1) is 0 Å². The second-order valence-corrected chi connectivity index (χ2v) is 3.95. The molecule has 2 rings (SSSR count).